The molecule has 0 nitrogen and oxygen atoms in total. The summed E-state index contributed by atoms with van der Waals surface area (Å²) in [5, 5.41) is 0. The van der Waals surface area contributed by atoms with E-state index >= 15 is 0 Å². The molecule has 0 bridgehead atoms. The van der Waals surface area contributed by atoms with E-state index in [1.807, 2.05) is 0 Å². The van der Waals surface area contributed by atoms with Crippen molar-refractivity contribution < 1.29 is 0 Å². The van der Waals surface area contributed by atoms with Gasteiger partial charge in [-0.3, -0.25) is 0 Å². The summed E-state index contributed by atoms with van der Waals surface area (Å²) < 4.78 is 0. The average molecular weight is 150 g/mol. The second kappa shape index (κ2) is 3.78. The molecule has 1 saturated carbocycles. The van der Waals surface area contributed by atoms with Gasteiger partial charge in [0.05, 0.1) is 0 Å². The van der Waals surface area contributed by atoms with Crippen molar-refractivity contribution in [3.05, 3.63) is 18.4 Å². The van der Waals surface area contributed by atoms with Crippen LogP contribution in [0.2, 0.25) is 0 Å². The monoisotopic (exact) mass is 150 g/mol. The number of rotatable bonds is 1. The molecule has 0 aromatic carbocycles. The predicted molar refractivity (Wildman–Crippen MR) is 49.5 cm³/mol. The maximum Gasteiger partial charge on any atom is -0.00710 e. The summed E-state index contributed by atoms with van der Waals surface area (Å²) in [6.45, 7) is 5.98. The van der Waals surface area contributed by atoms with Gasteiger partial charge in [-0.05, 0) is 24.3 Å². The molecule has 0 N–H and O–H groups in total. The Kier molecular flexibility index (Phi) is 2.96. The smallest absolute Gasteiger partial charge is 0.00710 e. The fourth-order valence-electron chi connectivity index (χ4n) is 1.93. The van der Waals surface area contributed by atoms with E-state index in [-0.39, 0.29) is 0 Å². The van der Waals surface area contributed by atoms with Crippen molar-refractivity contribution >= 4 is 0 Å². The van der Waals surface area contributed by atoms with E-state index < -0.39 is 0 Å². The minimum atomic E-state index is 0.415. The fourth-order valence-corrected chi connectivity index (χ4v) is 1.93. The van der Waals surface area contributed by atoms with Crippen LogP contribution in [-0.2, 0) is 0 Å². The number of hydrogen-bond acceptors (Lipinski definition) is 0. The molecule has 1 aliphatic rings. The van der Waals surface area contributed by atoms with E-state index in [1.54, 1.807) is 0 Å². The highest BCUT2D eigenvalue weighted by Crippen LogP contribution is 2.35. The van der Waals surface area contributed by atoms with Gasteiger partial charge in [0.15, 0.2) is 0 Å². The fraction of sp³-hybridized carbons (Fsp3) is 0.727. The zero-order chi connectivity index (χ0) is 8.16. The predicted octanol–water partition coefficient (Wildman–Crippen LogP) is 3.69. The lowest BCUT2D eigenvalue weighted by molar-refractivity contribution is 0.369. The van der Waals surface area contributed by atoms with Crippen molar-refractivity contribution in [1.82, 2.24) is 0 Å². The summed E-state index contributed by atoms with van der Waals surface area (Å²) in [6.07, 6.45) is 10.4. The Morgan fingerprint density at radius 1 is 1.18 bits per heavy atom. The first-order chi connectivity index (χ1) is 5.27. The summed E-state index contributed by atoms with van der Waals surface area (Å²) in [6, 6.07) is 0. The topological polar surface area (TPSA) is 0 Å². The van der Waals surface area contributed by atoms with Crippen molar-refractivity contribution in [2.75, 3.05) is 0 Å². The van der Waals surface area contributed by atoms with Crippen LogP contribution in [0, 0.1) is 5.41 Å². The molecule has 0 amide bonds. The van der Waals surface area contributed by atoms with Gasteiger partial charge in [-0.1, -0.05) is 39.2 Å². The molecule has 0 heteroatoms. The van der Waals surface area contributed by atoms with Gasteiger partial charge in [-0.2, -0.15) is 0 Å². The zero-order valence-electron chi connectivity index (χ0n) is 7.53. The zero-order valence-corrected chi connectivity index (χ0v) is 7.53. The van der Waals surface area contributed by atoms with Crippen molar-refractivity contribution in [1.29, 1.82) is 0 Å². The summed E-state index contributed by atoms with van der Waals surface area (Å²) >= 11 is 0. The average Bonchev–Trinajstić information content (AvgIpc) is 2.15. The maximum atomic E-state index is 3.65. The second-order valence-corrected chi connectivity index (χ2v) is 3.92. The van der Waals surface area contributed by atoms with Crippen molar-refractivity contribution in [3.63, 3.8) is 0 Å². The van der Waals surface area contributed by atoms with Gasteiger partial charge in [0.2, 0.25) is 0 Å². The van der Waals surface area contributed by atoms with E-state index in [9.17, 15) is 0 Å². The van der Waals surface area contributed by atoms with E-state index in [0.29, 0.717) is 5.41 Å². The largest absolute Gasteiger partial charge is 0.132 e. The number of hydrogen-bond donors (Lipinski definition) is 0. The lowest BCUT2D eigenvalue weighted by Crippen LogP contribution is -2.10. The Labute approximate surface area is 70.0 Å². The van der Waals surface area contributed by atoms with Gasteiger partial charge in [0.25, 0.3) is 0 Å². The van der Waals surface area contributed by atoms with Crippen LogP contribution in [0.4, 0.5) is 0 Å². The first-order valence-corrected chi connectivity index (χ1v) is 4.64. The van der Waals surface area contributed by atoms with Gasteiger partial charge >= 0.3 is 0 Å². The maximum absolute atomic E-state index is 3.65. The molecule has 0 heterocycles. The van der Waals surface area contributed by atoms with Crippen molar-refractivity contribution in [3.8, 4) is 0 Å². The normalized spacial score (nSPS) is 23.4. The standard InChI is InChI=1S/C11H18/c1-3-8-11(2)9-6-4-5-7-10-11/h8H,1,4-7,9-10H2,2H3. The summed E-state index contributed by atoms with van der Waals surface area (Å²) in [5.41, 5.74) is 3.35. The van der Waals surface area contributed by atoms with E-state index in [1.165, 1.54) is 38.5 Å². The molecule has 0 atom stereocenters. The second-order valence-electron chi connectivity index (χ2n) is 3.92. The van der Waals surface area contributed by atoms with Crippen LogP contribution in [0.15, 0.2) is 18.4 Å². The lowest BCUT2D eigenvalue weighted by Gasteiger charge is -2.22. The highest BCUT2D eigenvalue weighted by atomic mass is 14.3. The molecule has 0 aliphatic heterocycles. The van der Waals surface area contributed by atoms with Crippen LogP contribution in [0.25, 0.3) is 0 Å². The molecular weight excluding hydrogens is 132 g/mol. The van der Waals surface area contributed by atoms with Gasteiger partial charge in [-0.25, -0.2) is 0 Å². The van der Waals surface area contributed by atoms with E-state index in [4.69, 9.17) is 0 Å². The first kappa shape index (κ1) is 8.62. The highest BCUT2D eigenvalue weighted by Gasteiger charge is 2.21. The molecule has 0 aromatic heterocycles. The first-order valence-electron chi connectivity index (χ1n) is 4.64. The SMILES string of the molecule is C=C=CC1(C)CCCCCC1. The minimum absolute atomic E-state index is 0.415. The molecule has 0 spiro atoms. The third kappa shape index (κ3) is 2.55. The van der Waals surface area contributed by atoms with Crippen molar-refractivity contribution in [2.24, 2.45) is 5.41 Å². The molecule has 1 aliphatic carbocycles. The molecule has 1 rings (SSSR count). The number of allylic oxidation sites excluding steroid dienone is 1. The Hall–Kier alpha value is -0.480. The van der Waals surface area contributed by atoms with Crippen LogP contribution < -0.4 is 0 Å². The van der Waals surface area contributed by atoms with E-state index in [2.05, 4.69) is 25.3 Å². The molecular formula is C11H18. The Balaban J connectivity index is 2.58. The van der Waals surface area contributed by atoms with Gasteiger partial charge in [0.1, 0.15) is 0 Å². The van der Waals surface area contributed by atoms with Gasteiger partial charge < -0.3 is 0 Å². The summed E-state index contributed by atoms with van der Waals surface area (Å²) in [4.78, 5) is 0. The van der Waals surface area contributed by atoms with Crippen LogP contribution in [0.1, 0.15) is 45.4 Å². The molecule has 0 radical (unpaired) electrons. The minimum Gasteiger partial charge on any atom is -0.132 e. The summed E-state index contributed by atoms with van der Waals surface area (Å²) in [7, 11) is 0. The quantitative estimate of drug-likeness (QED) is 0.395. The van der Waals surface area contributed by atoms with Crippen LogP contribution in [0.3, 0.4) is 0 Å². The lowest BCUT2D eigenvalue weighted by atomic mass is 9.83. The Morgan fingerprint density at radius 3 is 2.18 bits per heavy atom. The molecule has 0 aromatic rings. The van der Waals surface area contributed by atoms with Crippen LogP contribution in [0.5, 0.6) is 0 Å². The molecule has 62 valence electrons. The van der Waals surface area contributed by atoms with Crippen molar-refractivity contribution in [2.45, 2.75) is 45.4 Å². The molecule has 0 unspecified atom stereocenters. The van der Waals surface area contributed by atoms with E-state index in [0.717, 1.165) is 0 Å². The van der Waals surface area contributed by atoms with Crippen LogP contribution in [-0.4, -0.2) is 0 Å². The van der Waals surface area contributed by atoms with Crippen LogP contribution >= 0.6 is 0 Å². The molecule has 11 heavy (non-hydrogen) atoms. The Bertz CT molecular complexity index is 153. The molecule has 0 saturated heterocycles. The highest BCUT2D eigenvalue weighted by molar-refractivity contribution is 4.95. The molecule has 1 fully saturated rings. The van der Waals surface area contributed by atoms with Gasteiger partial charge in [-0.15, -0.1) is 5.73 Å². The third-order valence-corrected chi connectivity index (χ3v) is 2.70. The third-order valence-electron chi connectivity index (χ3n) is 2.70. The Morgan fingerprint density at radius 2 is 1.73 bits per heavy atom. The summed E-state index contributed by atoms with van der Waals surface area (Å²) in [5.74, 6) is 0. The van der Waals surface area contributed by atoms with Gasteiger partial charge in [0, 0.05) is 0 Å².